The topological polar surface area (TPSA) is 88.1 Å². The molecular weight excluding hydrogens is 264 g/mol. The van der Waals surface area contributed by atoms with Crippen LogP contribution in [0.2, 0.25) is 0 Å². The maximum absolute atomic E-state index is 12.1. The number of nitrogens with zero attached hydrogens (tertiary/aromatic N) is 1. The summed E-state index contributed by atoms with van der Waals surface area (Å²) in [6.07, 6.45) is 4.50. The fraction of sp³-hybridized carbons (Fsp3) is 0.538. The molecule has 0 bridgehead atoms. The number of amides is 1. The molecule has 0 aromatic carbocycles. The maximum Gasteiger partial charge on any atom is 0.335 e. The molecule has 0 saturated heterocycles. The minimum atomic E-state index is -1.05. The zero-order valence-electron chi connectivity index (χ0n) is 11.7. The lowest BCUT2D eigenvalue weighted by atomic mass is 10.1. The van der Waals surface area contributed by atoms with Gasteiger partial charge in [-0.1, -0.05) is 0 Å². The molecule has 0 radical (unpaired) electrons. The molecule has 0 fully saturated rings. The molecule has 7 heteroatoms. The van der Waals surface area contributed by atoms with Crippen LogP contribution in [0.5, 0.6) is 0 Å². The van der Waals surface area contributed by atoms with Gasteiger partial charge in [-0.3, -0.25) is 4.79 Å². The van der Waals surface area contributed by atoms with Crippen LogP contribution in [-0.2, 0) is 19.1 Å². The van der Waals surface area contributed by atoms with Crippen LogP contribution in [0.1, 0.15) is 0 Å². The summed E-state index contributed by atoms with van der Waals surface area (Å²) in [5, 5.41) is 11.7. The highest BCUT2D eigenvalue weighted by atomic mass is 16.5. The molecule has 0 spiro atoms. The first-order valence-electron chi connectivity index (χ1n) is 6.24. The Bertz CT molecular complexity index is 406. The van der Waals surface area contributed by atoms with Crippen molar-refractivity contribution in [3.05, 3.63) is 23.9 Å². The van der Waals surface area contributed by atoms with Gasteiger partial charge < -0.3 is 24.8 Å². The van der Waals surface area contributed by atoms with Crippen LogP contribution < -0.4 is 5.32 Å². The number of carbonyl (C=O) groups excluding carboxylic acids is 1. The van der Waals surface area contributed by atoms with Crippen molar-refractivity contribution < 1.29 is 24.2 Å². The normalized spacial score (nSPS) is 17.8. The van der Waals surface area contributed by atoms with Crippen LogP contribution in [0.15, 0.2) is 23.9 Å². The largest absolute Gasteiger partial charge is 0.478 e. The van der Waals surface area contributed by atoms with Gasteiger partial charge in [-0.15, -0.1) is 0 Å². The molecule has 1 heterocycles. The number of hydrogen-bond acceptors (Lipinski definition) is 5. The molecule has 112 valence electrons. The fourth-order valence-corrected chi connectivity index (χ4v) is 1.75. The molecule has 7 nitrogen and oxygen atoms in total. The number of carboxylic acids is 1. The van der Waals surface area contributed by atoms with Crippen molar-refractivity contribution in [1.82, 2.24) is 10.2 Å². The summed E-state index contributed by atoms with van der Waals surface area (Å²) in [6.45, 7) is 1.73. The zero-order chi connectivity index (χ0) is 15.0. The molecule has 0 aromatic heterocycles. The van der Waals surface area contributed by atoms with Crippen LogP contribution in [0.3, 0.4) is 0 Å². The van der Waals surface area contributed by atoms with Gasteiger partial charge >= 0.3 is 5.97 Å². The number of carboxylic acid groups (broad SMARTS) is 1. The van der Waals surface area contributed by atoms with Crippen molar-refractivity contribution in [1.29, 1.82) is 0 Å². The Morgan fingerprint density at radius 3 is 2.65 bits per heavy atom. The monoisotopic (exact) mass is 284 g/mol. The van der Waals surface area contributed by atoms with Gasteiger partial charge in [0.15, 0.2) is 0 Å². The minimum absolute atomic E-state index is 0.102. The van der Waals surface area contributed by atoms with Crippen LogP contribution in [0.4, 0.5) is 0 Å². The Balaban J connectivity index is 2.74. The van der Waals surface area contributed by atoms with Crippen LogP contribution >= 0.6 is 0 Å². The third-order valence-electron chi connectivity index (χ3n) is 2.81. The van der Waals surface area contributed by atoms with E-state index in [0.29, 0.717) is 26.3 Å². The Morgan fingerprint density at radius 1 is 1.35 bits per heavy atom. The van der Waals surface area contributed by atoms with E-state index < -0.39 is 12.0 Å². The van der Waals surface area contributed by atoms with Crippen LogP contribution in [0, 0.1) is 0 Å². The molecular formula is C13H20N2O5. The third-order valence-corrected chi connectivity index (χ3v) is 2.81. The Hall–Kier alpha value is -1.86. The highest BCUT2D eigenvalue weighted by Gasteiger charge is 2.25. The summed E-state index contributed by atoms with van der Waals surface area (Å²) in [4.78, 5) is 24.8. The predicted molar refractivity (Wildman–Crippen MR) is 72.1 cm³/mol. The van der Waals surface area contributed by atoms with Gasteiger partial charge in [-0.05, 0) is 12.2 Å². The van der Waals surface area contributed by atoms with Gasteiger partial charge in [-0.2, -0.15) is 0 Å². The molecule has 1 atom stereocenters. The molecule has 1 amide bonds. The van der Waals surface area contributed by atoms with Gasteiger partial charge in [0.2, 0.25) is 5.91 Å². The van der Waals surface area contributed by atoms with E-state index in [2.05, 4.69) is 5.32 Å². The zero-order valence-corrected chi connectivity index (χ0v) is 11.7. The molecule has 1 rings (SSSR count). The van der Waals surface area contributed by atoms with Crippen molar-refractivity contribution in [2.45, 2.75) is 6.04 Å². The van der Waals surface area contributed by atoms with E-state index >= 15 is 0 Å². The number of methoxy groups -OCH3 is 2. The number of hydrogen-bond donors (Lipinski definition) is 2. The summed E-state index contributed by atoms with van der Waals surface area (Å²) >= 11 is 0. The van der Waals surface area contributed by atoms with E-state index in [1.54, 1.807) is 25.3 Å². The quantitative estimate of drug-likeness (QED) is 0.590. The number of aliphatic carboxylic acids is 1. The van der Waals surface area contributed by atoms with Gasteiger partial charge in [-0.25, -0.2) is 4.79 Å². The second kappa shape index (κ2) is 8.34. The van der Waals surface area contributed by atoms with Crippen LogP contribution in [0.25, 0.3) is 0 Å². The number of carbonyl (C=O) groups is 2. The summed E-state index contributed by atoms with van der Waals surface area (Å²) in [6, 6.07) is -0.655. The Morgan fingerprint density at radius 2 is 2.05 bits per heavy atom. The molecule has 0 aromatic rings. The lowest BCUT2D eigenvalue weighted by Gasteiger charge is -2.30. The van der Waals surface area contributed by atoms with E-state index in [1.165, 1.54) is 12.2 Å². The summed E-state index contributed by atoms with van der Waals surface area (Å²) in [5.41, 5.74) is 0.102. The number of ether oxygens (including phenoxy) is 2. The van der Waals surface area contributed by atoms with Crippen molar-refractivity contribution in [3.8, 4) is 0 Å². The number of nitrogens with one attached hydrogen (secondary N) is 1. The van der Waals surface area contributed by atoms with Crippen molar-refractivity contribution in [2.75, 3.05) is 40.5 Å². The summed E-state index contributed by atoms with van der Waals surface area (Å²) in [7, 11) is 3.11. The molecule has 1 aliphatic rings. The number of rotatable bonds is 8. The average molecular weight is 284 g/mol. The maximum atomic E-state index is 12.1. The summed E-state index contributed by atoms with van der Waals surface area (Å²) in [5.74, 6) is -1.32. The Kier molecular flexibility index (Phi) is 6.75. The molecule has 1 unspecified atom stereocenters. The van der Waals surface area contributed by atoms with E-state index in [4.69, 9.17) is 14.6 Å². The minimum Gasteiger partial charge on any atom is -0.478 e. The van der Waals surface area contributed by atoms with Crippen molar-refractivity contribution in [2.24, 2.45) is 0 Å². The standard InChI is InChI=1S/C13H20N2O5/c1-19-7-4-14-12(16)11-9-10(13(17)18)3-5-15(11)6-8-20-2/h3,5,9,11H,4,6-8H2,1-2H3,(H,14,16)(H,17,18). The van der Waals surface area contributed by atoms with E-state index in [9.17, 15) is 9.59 Å². The van der Waals surface area contributed by atoms with E-state index in [0.717, 1.165) is 0 Å². The van der Waals surface area contributed by atoms with Crippen molar-refractivity contribution >= 4 is 11.9 Å². The van der Waals surface area contributed by atoms with E-state index in [-0.39, 0.29) is 11.5 Å². The molecule has 1 aliphatic heterocycles. The average Bonchev–Trinajstić information content (AvgIpc) is 2.44. The van der Waals surface area contributed by atoms with Gasteiger partial charge in [0, 0.05) is 33.5 Å². The van der Waals surface area contributed by atoms with Gasteiger partial charge in [0.25, 0.3) is 0 Å². The molecule has 0 aliphatic carbocycles. The lowest BCUT2D eigenvalue weighted by Crippen LogP contribution is -2.46. The lowest BCUT2D eigenvalue weighted by molar-refractivity contribution is -0.132. The molecule has 0 saturated carbocycles. The SMILES string of the molecule is COCCNC(=O)C1C=C(C(=O)O)C=CN1CCOC. The van der Waals surface area contributed by atoms with E-state index in [1.807, 2.05) is 0 Å². The summed E-state index contributed by atoms with van der Waals surface area (Å²) < 4.78 is 9.84. The van der Waals surface area contributed by atoms with Gasteiger partial charge in [0.05, 0.1) is 18.8 Å². The Labute approximate surface area is 117 Å². The first-order chi connectivity index (χ1) is 9.60. The first-order valence-corrected chi connectivity index (χ1v) is 6.24. The molecule has 20 heavy (non-hydrogen) atoms. The van der Waals surface area contributed by atoms with Gasteiger partial charge in [0.1, 0.15) is 6.04 Å². The highest BCUT2D eigenvalue weighted by molar-refractivity contribution is 5.93. The second-order valence-corrected chi connectivity index (χ2v) is 4.20. The first kappa shape index (κ1) is 16.2. The fourth-order valence-electron chi connectivity index (χ4n) is 1.75. The van der Waals surface area contributed by atoms with Crippen LogP contribution in [-0.4, -0.2) is 68.4 Å². The third kappa shape index (κ3) is 4.67. The molecule has 2 N–H and O–H groups in total. The van der Waals surface area contributed by atoms with Crippen molar-refractivity contribution in [3.63, 3.8) is 0 Å². The predicted octanol–water partition coefficient (Wildman–Crippen LogP) is -0.396. The smallest absolute Gasteiger partial charge is 0.335 e. The highest BCUT2D eigenvalue weighted by Crippen LogP contribution is 2.14. The second-order valence-electron chi connectivity index (χ2n) is 4.20.